The molecule has 0 atom stereocenters. The lowest BCUT2D eigenvalue weighted by Gasteiger charge is -2.25. The number of fused-ring (bicyclic) bond motifs is 1. The smallest absolute Gasteiger partial charge is 0.152 e. The number of hydrogen-bond donors (Lipinski definition) is 0. The van der Waals surface area contributed by atoms with E-state index in [0.717, 1.165) is 26.4 Å². The summed E-state index contributed by atoms with van der Waals surface area (Å²) in [7, 11) is 0. The van der Waals surface area contributed by atoms with E-state index in [1.54, 1.807) is 6.20 Å². The average molecular weight is 370 g/mol. The van der Waals surface area contributed by atoms with Crippen molar-refractivity contribution in [2.75, 3.05) is 32.8 Å². The molecule has 0 N–H and O–H groups in total. The third-order valence-electron chi connectivity index (χ3n) is 4.19. The molecule has 0 aliphatic carbocycles. The first-order valence-corrected chi connectivity index (χ1v) is 9.30. The second-order valence-electron chi connectivity index (χ2n) is 6.17. The molecule has 1 fully saturated rings. The molecule has 3 aromatic rings. The van der Waals surface area contributed by atoms with Gasteiger partial charge in [-0.15, -0.1) is 10.2 Å². The Morgan fingerprint density at radius 2 is 2.12 bits per heavy atom. The number of ketones is 1. The highest BCUT2D eigenvalue weighted by molar-refractivity contribution is 7.14. The predicted octanol–water partition coefficient (Wildman–Crippen LogP) is 2.51. The molecule has 3 heterocycles. The van der Waals surface area contributed by atoms with Gasteiger partial charge in [0.1, 0.15) is 10.0 Å². The second-order valence-corrected chi connectivity index (χ2v) is 7.36. The predicted molar refractivity (Wildman–Crippen MR) is 101 cm³/mol. The Kier molecular flexibility index (Phi) is 4.34. The van der Waals surface area contributed by atoms with Crippen LogP contribution in [0.15, 0.2) is 30.5 Å². The Labute approximate surface area is 158 Å². The van der Waals surface area contributed by atoms with Crippen LogP contribution in [0.25, 0.3) is 21.3 Å². The van der Waals surface area contributed by atoms with Crippen molar-refractivity contribution in [3.63, 3.8) is 0 Å². The minimum Gasteiger partial charge on any atom is -0.379 e. The van der Waals surface area contributed by atoms with Gasteiger partial charge in [0.15, 0.2) is 5.78 Å². The number of carbonyl (C=O) groups excluding carboxylic acids is 1. The van der Waals surface area contributed by atoms with Gasteiger partial charge in [-0.2, -0.15) is 0 Å². The van der Waals surface area contributed by atoms with Gasteiger partial charge in [-0.1, -0.05) is 23.5 Å². The van der Waals surface area contributed by atoms with Crippen molar-refractivity contribution in [3.8, 4) is 10.6 Å². The van der Waals surface area contributed by atoms with Crippen molar-refractivity contribution >= 4 is 27.9 Å². The topological polar surface area (TPSA) is 68.2 Å². The van der Waals surface area contributed by atoms with Gasteiger partial charge in [-0.25, -0.2) is 0 Å². The molecule has 0 amide bonds. The van der Waals surface area contributed by atoms with Crippen LogP contribution >= 0.6 is 11.3 Å². The van der Waals surface area contributed by atoms with Crippen LogP contribution in [0.5, 0.6) is 0 Å². The van der Waals surface area contributed by atoms with Crippen molar-refractivity contribution in [3.05, 3.63) is 41.2 Å². The van der Waals surface area contributed by atoms with Gasteiger partial charge in [0.05, 0.1) is 28.9 Å². The van der Waals surface area contributed by atoms with Gasteiger partial charge in [-0.05, 0) is 24.4 Å². The average Bonchev–Trinajstić information content (AvgIpc) is 3.14. The van der Waals surface area contributed by atoms with Crippen molar-refractivity contribution in [2.45, 2.75) is 13.3 Å². The molecule has 0 bridgehead atoms. The summed E-state index contributed by atoms with van der Waals surface area (Å²) in [5.74, 6) is -0.489. The fraction of sp³-hybridized carbons (Fsp3) is 0.368. The molecule has 0 unspecified atom stereocenters. The van der Waals surface area contributed by atoms with E-state index in [9.17, 15) is 4.79 Å². The first-order chi connectivity index (χ1) is 13.4. The van der Waals surface area contributed by atoms with Gasteiger partial charge in [0.2, 0.25) is 0 Å². The molecular weight excluding hydrogens is 348 g/mol. The Morgan fingerprint density at radius 1 is 1.27 bits per heavy atom. The summed E-state index contributed by atoms with van der Waals surface area (Å²) in [5.41, 5.74) is 1.52. The molecule has 2 aromatic heterocycles. The number of Topliss-reactive ketones (excluding diaryl/α,β-unsaturated/α-hetero) is 1. The zero-order valence-electron chi connectivity index (χ0n) is 16.4. The molecule has 0 saturated carbocycles. The van der Waals surface area contributed by atoms with Crippen molar-refractivity contribution < 1.29 is 12.3 Å². The summed E-state index contributed by atoms with van der Waals surface area (Å²) in [6, 6.07) is 7.79. The number of aryl methyl sites for hydroxylation is 1. The second kappa shape index (κ2) is 7.57. The van der Waals surface area contributed by atoms with Gasteiger partial charge in [0.25, 0.3) is 0 Å². The number of aromatic nitrogens is 3. The van der Waals surface area contributed by atoms with Crippen LogP contribution in [-0.2, 0) is 16.0 Å². The maximum Gasteiger partial charge on any atom is 0.152 e. The minimum absolute atomic E-state index is 0.0531. The van der Waals surface area contributed by atoms with Crippen LogP contribution in [0.3, 0.4) is 0 Å². The fourth-order valence-corrected chi connectivity index (χ4v) is 3.57. The summed E-state index contributed by atoms with van der Waals surface area (Å²) < 4.78 is 21.7. The van der Waals surface area contributed by atoms with Gasteiger partial charge in [0, 0.05) is 35.9 Å². The zero-order chi connectivity index (χ0) is 19.7. The highest BCUT2D eigenvalue weighted by Crippen LogP contribution is 2.27. The Morgan fingerprint density at radius 3 is 2.88 bits per heavy atom. The molecule has 1 aliphatic heterocycles. The lowest BCUT2D eigenvalue weighted by Crippen LogP contribution is -2.39. The van der Waals surface area contributed by atoms with E-state index >= 15 is 0 Å². The van der Waals surface area contributed by atoms with Crippen molar-refractivity contribution in [1.29, 1.82) is 0 Å². The molecule has 1 aliphatic rings. The molecule has 6 nitrogen and oxygen atoms in total. The van der Waals surface area contributed by atoms with Crippen LogP contribution in [0.2, 0.25) is 0 Å². The lowest BCUT2D eigenvalue weighted by molar-refractivity contribution is -0.120. The molecule has 1 aromatic carbocycles. The quantitative estimate of drug-likeness (QED) is 0.687. The van der Waals surface area contributed by atoms with Crippen molar-refractivity contribution in [1.82, 2.24) is 20.1 Å². The molecule has 1 saturated heterocycles. The van der Waals surface area contributed by atoms with E-state index in [4.69, 9.17) is 7.48 Å². The maximum atomic E-state index is 12.6. The minimum atomic E-state index is -2.02. The van der Waals surface area contributed by atoms with Crippen molar-refractivity contribution in [2.24, 2.45) is 0 Å². The highest BCUT2D eigenvalue weighted by atomic mass is 32.1. The van der Waals surface area contributed by atoms with E-state index in [2.05, 4.69) is 15.2 Å². The first kappa shape index (κ1) is 14.9. The van der Waals surface area contributed by atoms with E-state index < -0.39 is 12.3 Å². The number of benzene rings is 1. The van der Waals surface area contributed by atoms with Gasteiger partial charge >= 0.3 is 0 Å². The third kappa shape index (κ3) is 3.95. The normalized spacial score (nSPS) is 17.1. The van der Waals surface area contributed by atoms with Gasteiger partial charge < -0.3 is 4.74 Å². The number of rotatable bonds is 5. The number of carbonyl (C=O) groups is 1. The van der Waals surface area contributed by atoms with Gasteiger partial charge in [-0.3, -0.25) is 14.7 Å². The van der Waals surface area contributed by atoms with Crippen LogP contribution in [0.1, 0.15) is 13.4 Å². The molecule has 0 spiro atoms. The molecule has 4 rings (SSSR count). The fourth-order valence-electron chi connectivity index (χ4n) is 2.89. The Hall–Kier alpha value is -2.22. The van der Waals surface area contributed by atoms with E-state index in [-0.39, 0.29) is 6.42 Å². The number of nitrogens with zero attached hydrogens (tertiary/aromatic N) is 4. The molecule has 7 heteroatoms. The van der Waals surface area contributed by atoms with Crippen LogP contribution in [0.4, 0.5) is 0 Å². The molecule has 0 radical (unpaired) electrons. The molecule has 134 valence electrons. The Balaban J connectivity index is 1.57. The largest absolute Gasteiger partial charge is 0.379 e. The number of pyridine rings is 1. The number of morpholine rings is 1. The summed E-state index contributed by atoms with van der Waals surface area (Å²) in [6.07, 6.45) is 1.67. The monoisotopic (exact) mass is 370 g/mol. The molecule has 26 heavy (non-hydrogen) atoms. The number of ether oxygens (including phenoxy) is 1. The summed E-state index contributed by atoms with van der Waals surface area (Å²) in [6.45, 7) is 1.59. The van der Waals surface area contributed by atoms with E-state index in [0.29, 0.717) is 32.0 Å². The summed E-state index contributed by atoms with van der Waals surface area (Å²) in [5, 5.41) is 11.9. The zero-order valence-corrected chi connectivity index (χ0v) is 15.3. The van der Waals surface area contributed by atoms with E-state index in [1.165, 1.54) is 16.2 Å². The Bertz CT molecular complexity index is 1020. The van der Waals surface area contributed by atoms with Crippen LogP contribution in [-0.4, -0.2) is 58.7 Å². The SMILES string of the molecule is [2H]C([2H])(C(=O)Cc1cc2cc(-c3nnc(C)s3)ccc2cn1)N1CCOCC1. The third-order valence-corrected chi connectivity index (χ3v) is 5.07. The summed E-state index contributed by atoms with van der Waals surface area (Å²) >= 11 is 1.53. The van der Waals surface area contributed by atoms with Crippen LogP contribution in [0, 0.1) is 6.92 Å². The summed E-state index contributed by atoms with van der Waals surface area (Å²) in [4.78, 5) is 18.5. The lowest BCUT2D eigenvalue weighted by atomic mass is 10.1. The molecular formula is C19H20N4O2S. The van der Waals surface area contributed by atoms with E-state index in [1.807, 2.05) is 31.2 Å². The van der Waals surface area contributed by atoms with Crippen LogP contribution < -0.4 is 0 Å². The highest BCUT2D eigenvalue weighted by Gasteiger charge is 2.15. The standard InChI is InChI=1S/C19H20N4O2S/c1-13-21-22-19(26-13)14-2-3-15-11-20-17(9-16(15)8-14)10-18(24)12-23-4-6-25-7-5-23/h2-3,8-9,11H,4-7,10,12H2,1H3/i12D2. The maximum absolute atomic E-state index is 12.6. The number of hydrogen-bond acceptors (Lipinski definition) is 7. The first-order valence-electron chi connectivity index (χ1n) is 9.49.